The van der Waals surface area contributed by atoms with Crippen LogP contribution in [0.1, 0.15) is 11.1 Å². The van der Waals surface area contributed by atoms with Gasteiger partial charge in [0.15, 0.2) is 0 Å². The van der Waals surface area contributed by atoms with E-state index in [1.807, 2.05) is 12.1 Å². The van der Waals surface area contributed by atoms with Gasteiger partial charge in [-0.15, -0.1) is 0 Å². The molecule has 2 rings (SSSR count). The van der Waals surface area contributed by atoms with Crippen molar-refractivity contribution in [3.63, 3.8) is 0 Å². The topological polar surface area (TPSA) is 0 Å². The number of rotatable bonds is 2. The maximum absolute atomic E-state index is 3.83. The fraction of sp³-hybridized carbons (Fsp3) is 0.0667. The first-order valence-corrected chi connectivity index (χ1v) is 5.10. The molecule has 15 heavy (non-hydrogen) atoms. The molecule has 0 atom stereocenters. The summed E-state index contributed by atoms with van der Waals surface area (Å²) in [7, 11) is 0. The molecule has 0 aromatic heterocycles. The normalized spacial score (nSPS) is 9.93. The molecule has 2 aromatic carbocycles. The summed E-state index contributed by atoms with van der Waals surface area (Å²) in [5, 5.41) is 0. The van der Waals surface area contributed by atoms with Gasteiger partial charge in [-0.05, 0) is 23.6 Å². The first-order valence-electron chi connectivity index (χ1n) is 5.10. The van der Waals surface area contributed by atoms with Gasteiger partial charge in [-0.2, -0.15) is 0 Å². The molecule has 0 unspecified atom stereocenters. The van der Waals surface area contributed by atoms with Gasteiger partial charge in [-0.1, -0.05) is 66.7 Å². The molecule has 0 saturated heterocycles. The van der Waals surface area contributed by atoms with E-state index in [0.717, 1.165) is 0 Å². The van der Waals surface area contributed by atoms with Gasteiger partial charge in [0.05, 0.1) is 0 Å². The van der Waals surface area contributed by atoms with Crippen molar-refractivity contribution in [3.05, 3.63) is 66.2 Å². The lowest BCUT2D eigenvalue weighted by Crippen LogP contribution is -1.82. The molecule has 0 aliphatic rings. The highest BCUT2D eigenvalue weighted by Gasteiger charge is 2.00. The van der Waals surface area contributed by atoms with E-state index in [-0.39, 0.29) is 0 Å². The lowest BCUT2D eigenvalue weighted by atomic mass is 9.99. The molecule has 0 amide bonds. The molecule has 0 N–H and O–H groups in total. The van der Waals surface area contributed by atoms with Crippen LogP contribution in [0.3, 0.4) is 0 Å². The van der Waals surface area contributed by atoms with Crippen LogP contribution in [0, 0.1) is 6.92 Å². The van der Waals surface area contributed by atoms with Crippen LogP contribution in [0.2, 0.25) is 0 Å². The van der Waals surface area contributed by atoms with E-state index in [1.165, 1.54) is 22.3 Å². The summed E-state index contributed by atoms with van der Waals surface area (Å²) < 4.78 is 0. The molecule has 0 heteroatoms. The molecule has 0 radical (unpaired) electrons. The average molecular weight is 194 g/mol. The van der Waals surface area contributed by atoms with Crippen LogP contribution in [0.5, 0.6) is 0 Å². The zero-order chi connectivity index (χ0) is 10.7. The van der Waals surface area contributed by atoms with Gasteiger partial charge in [0.25, 0.3) is 0 Å². The summed E-state index contributed by atoms with van der Waals surface area (Å²) in [6, 6.07) is 16.9. The van der Waals surface area contributed by atoms with E-state index in [0.29, 0.717) is 0 Å². The second-order valence-electron chi connectivity index (χ2n) is 3.66. The standard InChI is InChI=1S/C15H14/c1-3-13-6-4-5-7-15(13)14-10-8-12(2)9-11-14/h3-11H,1H2,2H3. The first kappa shape index (κ1) is 9.72. The Morgan fingerprint density at radius 2 is 1.60 bits per heavy atom. The minimum absolute atomic E-state index is 1.18. The first-order chi connectivity index (χ1) is 7.31. The zero-order valence-electron chi connectivity index (χ0n) is 8.90. The highest BCUT2D eigenvalue weighted by Crippen LogP contribution is 2.24. The molecule has 0 heterocycles. The van der Waals surface area contributed by atoms with Gasteiger partial charge in [-0.3, -0.25) is 0 Å². The molecule has 0 nitrogen and oxygen atoms in total. The van der Waals surface area contributed by atoms with Gasteiger partial charge >= 0.3 is 0 Å². The number of benzene rings is 2. The third-order valence-electron chi connectivity index (χ3n) is 2.54. The Kier molecular flexibility index (Phi) is 2.68. The summed E-state index contributed by atoms with van der Waals surface area (Å²) in [6.45, 7) is 5.94. The minimum Gasteiger partial charge on any atom is -0.0984 e. The fourth-order valence-electron chi connectivity index (χ4n) is 1.67. The second kappa shape index (κ2) is 4.14. The van der Waals surface area contributed by atoms with Crippen molar-refractivity contribution in [1.82, 2.24) is 0 Å². The van der Waals surface area contributed by atoms with E-state index in [9.17, 15) is 0 Å². The van der Waals surface area contributed by atoms with Crippen LogP contribution < -0.4 is 0 Å². The lowest BCUT2D eigenvalue weighted by Gasteiger charge is -2.06. The third kappa shape index (κ3) is 1.99. The Balaban J connectivity index is 2.53. The monoisotopic (exact) mass is 194 g/mol. The lowest BCUT2D eigenvalue weighted by molar-refractivity contribution is 1.47. The Morgan fingerprint density at radius 1 is 0.933 bits per heavy atom. The second-order valence-corrected chi connectivity index (χ2v) is 3.66. The van der Waals surface area contributed by atoms with Gasteiger partial charge < -0.3 is 0 Å². The molecule has 0 bridgehead atoms. The third-order valence-corrected chi connectivity index (χ3v) is 2.54. The van der Waals surface area contributed by atoms with E-state index in [4.69, 9.17) is 0 Å². The van der Waals surface area contributed by atoms with Crippen LogP contribution >= 0.6 is 0 Å². The molecule has 0 saturated carbocycles. The zero-order valence-corrected chi connectivity index (χ0v) is 8.90. The maximum atomic E-state index is 3.83. The Hall–Kier alpha value is -1.82. The van der Waals surface area contributed by atoms with Gasteiger partial charge in [0, 0.05) is 0 Å². The molecule has 0 fully saturated rings. The van der Waals surface area contributed by atoms with E-state index < -0.39 is 0 Å². The van der Waals surface area contributed by atoms with Crippen molar-refractivity contribution >= 4 is 6.08 Å². The molecule has 0 aliphatic heterocycles. The summed E-state index contributed by atoms with van der Waals surface area (Å²) >= 11 is 0. The Morgan fingerprint density at radius 3 is 2.27 bits per heavy atom. The number of aryl methyl sites for hydroxylation is 1. The summed E-state index contributed by atoms with van der Waals surface area (Å²) in [4.78, 5) is 0. The molecule has 2 aromatic rings. The van der Waals surface area contributed by atoms with Gasteiger partial charge in [-0.25, -0.2) is 0 Å². The largest absolute Gasteiger partial charge is 0.0984 e. The summed E-state index contributed by atoms with van der Waals surface area (Å²) in [5.41, 5.74) is 4.96. The molecular formula is C15H14. The predicted molar refractivity (Wildman–Crippen MR) is 66.7 cm³/mol. The maximum Gasteiger partial charge on any atom is -0.0112 e. The van der Waals surface area contributed by atoms with Crippen LogP contribution in [-0.4, -0.2) is 0 Å². The van der Waals surface area contributed by atoms with Gasteiger partial charge in [0.2, 0.25) is 0 Å². The highest BCUT2D eigenvalue weighted by molar-refractivity contribution is 5.74. The number of hydrogen-bond donors (Lipinski definition) is 0. The molecular weight excluding hydrogens is 180 g/mol. The van der Waals surface area contributed by atoms with Crippen LogP contribution in [0.25, 0.3) is 17.2 Å². The summed E-state index contributed by atoms with van der Waals surface area (Å²) in [6.07, 6.45) is 1.90. The SMILES string of the molecule is C=Cc1ccccc1-c1ccc(C)cc1. The number of hydrogen-bond acceptors (Lipinski definition) is 0. The van der Waals surface area contributed by atoms with Gasteiger partial charge in [0.1, 0.15) is 0 Å². The Labute approximate surface area is 90.9 Å². The van der Waals surface area contributed by atoms with Crippen LogP contribution in [0.15, 0.2) is 55.1 Å². The van der Waals surface area contributed by atoms with E-state index in [1.54, 1.807) is 0 Å². The predicted octanol–water partition coefficient (Wildman–Crippen LogP) is 4.31. The van der Waals surface area contributed by atoms with E-state index >= 15 is 0 Å². The quantitative estimate of drug-likeness (QED) is 0.668. The molecule has 0 aliphatic carbocycles. The minimum atomic E-state index is 1.18. The summed E-state index contributed by atoms with van der Waals surface area (Å²) in [5.74, 6) is 0. The van der Waals surface area contributed by atoms with Crippen molar-refractivity contribution < 1.29 is 0 Å². The van der Waals surface area contributed by atoms with Crippen molar-refractivity contribution in [2.45, 2.75) is 6.92 Å². The Bertz CT molecular complexity index is 464. The van der Waals surface area contributed by atoms with E-state index in [2.05, 4.69) is 56.0 Å². The van der Waals surface area contributed by atoms with Crippen molar-refractivity contribution in [1.29, 1.82) is 0 Å². The molecule has 74 valence electrons. The van der Waals surface area contributed by atoms with Crippen molar-refractivity contribution in [2.75, 3.05) is 0 Å². The van der Waals surface area contributed by atoms with Crippen molar-refractivity contribution in [2.24, 2.45) is 0 Å². The van der Waals surface area contributed by atoms with Crippen LogP contribution in [0.4, 0.5) is 0 Å². The van der Waals surface area contributed by atoms with Crippen molar-refractivity contribution in [3.8, 4) is 11.1 Å². The molecule has 0 spiro atoms. The average Bonchev–Trinajstić information content (AvgIpc) is 2.30. The fourth-order valence-corrected chi connectivity index (χ4v) is 1.67. The van der Waals surface area contributed by atoms with Crippen LogP contribution in [-0.2, 0) is 0 Å². The smallest absolute Gasteiger partial charge is 0.0112 e. The highest BCUT2D eigenvalue weighted by atomic mass is 14.0.